The van der Waals surface area contributed by atoms with E-state index in [1.165, 1.54) is 0 Å². The summed E-state index contributed by atoms with van der Waals surface area (Å²) >= 11 is 0. The van der Waals surface area contributed by atoms with Gasteiger partial charge in [-0.05, 0) is 29.8 Å². The van der Waals surface area contributed by atoms with Gasteiger partial charge in [0, 0.05) is 33.7 Å². The van der Waals surface area contributed by atoms with E-state index < -0.39 is 10.0 Å². The Hall–Kier alpha value is -2.58. The minimum Gasteiger partial charge on any atom is -0.497 e. The first kappa shape index (κ1) is 20.7. The minimum absolute atomic E-state index is 0.256. The Balaban J connectivity index is 1.82. The maximum atomic E-state index is 12.2. The molecule has 0 unspecified atom stereocenters. The number of nitrogens with one attached hydrogen (secondary N) is 2. The van der Waals surface area contributed by atoms with Crippen molar-refractivity contribution in [1.82, 2.24) is 14.9 Å². The lowest BCUT2D eigenvalue weighted by atomic mass is 10.2. The highest BCUT2D eigenvalue weighted by Crippen LogP contribution is 2.12. The average Bonchev–Trinajstić information content (AvgIpc) is 2.69. The van der Waals surface area contributed by atoms with E-state index in [0.29, 0.717) is 19.0 Å². The molecule has 0 amide bonds. The van der Waals surface area contributed by atoms with Crippen LogP contribution in [-0.2, 0) is 16.6 Å². The fraction of sp³-hybridized carbons (Fsp3) is 0.316. The third kappa shape index (κ3) is 6.26. The Morgan fingerprint density at radius 2 is 1.74 bits per heavy atom. The minimum atomic E-state index is -3.50. The van der Waals surface area contributed by atoms with Crippen LogP contribution in [0.1, 0.15) is 5.56 Å². The summed E-state index contributed by atoms with van der Waals surface area (Å²) in [5, 5.41) is 3.16. The molecule has 0 heterocycles. The molecule has 146 valence electrons. The van der Waals surface area contributed by atoms with Crippen LogP contribution in [0.15, 0.2) is 64.5 Å². The number of rotatable bonds is 8. The zero-order chi connectivity index (χ0) is 19.7. The van der Waals surface area contributed by atoms with Crippen molar-refractivity contribution in [1.29, 1.82) is 0 Å². The van der Waals surface area contributed by atoms with Crippen LogP contribution in [-0.4, -0.2) is 53.6 Å². The van der Waals surface area contributed by atoms with Gasteiger partial charge in [0.25, 0.3) is 0 Å². The van der Waals surface area contributed by atoms with Crippen molar-refractivity contribution in [2.45, 2.75) is 11.4 Å². The van der Waals surface area contributed by atoms with E-state index in [1.54, 1.807) is 44.5 Å². The van der Waals surface area contributed by atoms with Crippen LogP contribution in [0.3, 0.4) is 0 Å². The molecule has 8 heteroatoms. The summed E-state index contributed by atoms with van der Waals surface area (Å²) in [4.78, 5) is 6.46. The summed E-state index contributed by atoms with van der Waals surface area (Å²) in [6.45, 7) is 1.34. The Bertz CT molecular complexity index is 837. The third-order valence-electron chi connectivity index (χ3n) is 3.91. The first-order chi connectivity index (χ1) is 13.0. The number of nitrogens with zero attached hydrogens (tertiary/aromatic N) is 2. The fourth-order valence-electron chi connectivity index (χ4n) is 2.51. The van der Waals surface area contributed by atoms with Crippen LogP contribution in [0.5, 0.6) is 5.75 Å². The van der Waals surface area contributed by atoms with Crippen LogP contribution in [0.25, 0.3) is 0 Å². The maximum absolute atomic E-state index is 12.2. The second-order valence-corrected chi connectivity index (χ2v) is 7.66. The zero-order valence-corrected chi connectivity index (χ0v) is 16.7. The molecule has 0 saturated heterocycles. The number of aliphatic imine (C=N–C) groups is 1. The monoisotopic (exact) mass is 390 g/mol. The van der Waals surface area contributed by atoms with Crippen molar-refractivity contribution in [3.8, 4) is 5.75 Å². The largest absolute Gasteiger partial charge is 0.497 e. The van der Waals surface area contributed by atoms with Gasteiger partial charge in [0.1, 0.15) is 5.75 Å². The number of hydrogen-bond acceptors (Lipinski definition) is 4. The summed E-state index contributed by atoms with van der Waals surface area (Å²) in [7, 11) is 1.76. The first-order valence-corrected chi connectivity index (χ1v) is 10.0. The SMILES string of the molecule is CN=C(NCCNS(=O)(=O)c1ccccc1)N(C)Cc1ccc(OC)cc1. The molecule has 2 rings (SSSR count). The molecule has 0 atom stereocenters. The Morgan fingerprint density at radius 3 is 2.33 bits per heavy atom. The van der Waals surface area contributed by atoms with Crippen molar-refractivity contribution in [2.75, 3.05) is 34.3 Å². The number of benzene rings is 2. The highest BCUT2D eigenvalue weighted by atomic mass is 32.2. The van der Waals surface area contributed by atoms with Gasteiger partial charge in [-0.25, -0.2) is 13.1 Å². The molecule has 2 aromatic carbocycles. The van der Waals surface area contributed by atoms with Crippen molar-refractivity contribution in [2.24, 2.45) is 4.99 Å². The van der Waals surface area contributed by atoms with Crippen LogP contribution in [0.4, 0.5) is 0 Å². The van der Waals surface area contributed by atoms with Crippen LogP contribution < -0.4 is 14.8 Å². The molecule has 2 N–H and O–H groups in total. The van der Waals surface area contributed by atoms with Crippen molar-refractivity contribution < 1.29 is 13.2 Å². The van der Waals surface area contributed by atoms with E-state index in [2.05, 4.69) is 15.0 Å². The molecule has 0 radical (unpaired) electrons. The van der Waals surface area contributed by atoms with Gasteiger partial charge in [-0.1, -0.05) is 30.3 Å². The van der Waals surface area contributed by atoms with Gasteiger partial charge in [0.2, 0.25) is 10.0 Å². The molecule has 0 fully saturated rings. The topological polar surface area (TPSA) is 83.0 Å². The van der Waals surface area contributed by atoms with E-state index in [9.17, 15) is 8.42 Å². The van der Waals surface area contributed by atoms with Crippen LogP contribution >= 0.6 is 0 Å². The molecule has 0 aliphatic rings. The highest BCUT2D eigenvalue weighted by Gasteiger charge is 2.12. The lowest BCUT2D eigenvalue weighted by Crippen LogP contribution is -2.42. The van der Waals surface area contributed by atoms with Crippen molar-refractivity contribution in [3.63, 3.8) is 0 Å². The van der Waals surface area contributed by atoms with Crippen LogP contribution in [0, 0.1) is 0 Å². The molecule has 27 heavy (non-hydrogen) atoms. The first-order valence-electron chi connectivity index (χ1n) is 8.55. The Kier molecular flexibility index (Phi) is 7.63. The fourth-order valence-corrected chi connectivity index (χ4v) is 3.56. The molecule has 0 bridgehead atoms. The van der Waals surface area contributed by atoms with Gasteiger partial charge in [-0.2, -0.15) is 0 Å². The molecule has 0 aliphatic carbocycles. The third-order valence-corrected chi connectivity index (χ3v) is 5.38. The van der Waals surface area contributed by atoms with Gasteiger partial charge in [0.15, 0.2) is 5.96 Å². The number of hydrogen-bond donors (Lipinski definition) is 2. The number of sulfonamides is 1. The van der Waals surface area contributed by atoms with Gasteiger partial charge in [-0.15, -0.1) is 0 Å². The standard InChI is InChI=1S/C19H26N4O3S/c1-20-19(23(2)15-16-9-11-17(26-3)12-10-16)21-13-14-22-27(24,25)18-7-5-4-6-8-18/h4-12,22H,13-15H2,1-3H3,(H,20,21). The highest BCUT2D eigenvalue weighted by molar-refractivity contribution is 7.89. The lowest BCUT2D eigenvalue weighted by Gasteiger charge is -2.22. The van der Waals surface area contributed by atoms with Crippen molar-refractivity contribution in [3.05, 3.63) is 60.2 Å². The number of guanidine groups is 1. The number of methoxy groups -OCH3 is 1. The van der Waals surface area contributed by atoms with E-state index in [1.807, 2.05) is 36.2 Å². The second kappa shape index (κ2) is 9.94. The van der Waals surface area contributed by atoms with E-state index >= 15 is 0 Å². The summed E-state index contributed by atoms with van der Waals surface area (Å²) in [5.74, 6) is 1.50. The molecule has 0 saturated carbocycles. The molecule has 7 nitrogen and oxygen atoms in total. The summed E-state index contributed by atoms with van der Waals surface area (Å²) in [6.07, 6.45) is 0. The maximum Gasteiger partial charge on any atom is 0.240 e. The Labute approximate surface area is 161 Å². The van der Waals surface area contributed by atoms with Crippen LogP contribution in [0.2, 0.25) is 0 Å². The second-order valence-electron chi connectivity index (χ2n) is 5.89. The van der Waals surface area contributed by atoms with Crippen molar-refractivity contribution >= 4 is 16.0 Å². The molecular weight excluding hydrogens is 364 g/mol. The van der Waals surface area contributed by atoms with Gasteiger partial charge < -0.3 is 15.0 Å². The molecule has 0 aliphatic heterocycles. The summed E-state index contributed by atoms with van der Waals surface area (Å²) in [5.41, 5.74) is 1.12. The van der Waals surface area contributed by atoms with E-state index in [4.69, 9.17) is 4.74 Å². The molecular formula is C19H26N4O3S. The van der Waals surface area contributed by atoms with Gasteiger partial charge in [0.05, 0.1) is 12.0 Å². The average molecular weight is 391 g/mol. The van der Waals surface area contributed by atoms with E-state index in [0.717, 1.165) is 11.3 Å². The molecule has 0 aromatic heterocycles. The molecule has 2 aromatic rings. The number of ether oxygens (including phenoxy) is 1. The Morgan fingerprint density at radius 1 is 1.07 bits per heavy atom. The predicted octanol–water partition coefficient (Wildman–Crippen LogP) is 1.68. The lowest BCUT2D eigenvalue weighted by molar-refractivity contribution is 0.414. The quantitative estimate of drug-likeness (QED) is 0.407. The summed E-state index contributed by atoms with van der Waals surface area (Å²) in [6, 6.07) is 16.1. The zero-order valence-electron chi connectivity index (χ0n) is 15.8. The molecule has 0 spiro atoms. The van der Waals surface area contributed by atoms with Gasteiger partial charge in [-0.3, -0.25) is 4.99 Å². The van der Waals surface area contributed by atoms with E-state index in [-0.39, 0.29) is 11.4 Å². The smallest absolute Gasteiger partial charge is 0.240 e. The normalized spacial score (nSPS) is 11.9. The predicted molar refractivity (Wildman–Crippen MR) is 107 cm³/mol. The van der Waals surface area contributed by atoms with Gasteiger partial charge >= 0.3 is 0 Å². The summed E-state index contributed by atoms with van der Waals surface area (Å²) < 4.78 is 32.1.